The molecule has 0 aliphatic carbocycles. The fourth-order valence-electron chi connectivity index (χ4n) is 4.42. The minimum Gasteiger partial charge on any atom is -0.491 e. The number of hydrogen-bond donors (Lipinski definition) is 2. The standard InChI is InChI=1S/C25H29N5O2/c1-14(2)21-16(4)28-25(27)29-24(21)30-8-9-32-22-15(3)10-19(12-20(22)13-30)17-6-5-7-18(11-17)23(26)31/h5-7,10-12,14H,8-9,13H2,1-4H3,(H2,26,31)(H2,27,28,29). The van der Waals surface area contributed by atoms with Crippen molar-refractivity contribution in [3.63, 3.8) is 0 Å². The van der Waals surface area contributed by atoms with Crippen LogP contribution in [0.15, 0.2) is 36.4 Å². The number of aryl methyl sites for hydroxylation is 2. The van der Waals surface area contributed by atoms with Crippen LogP contribution >= 0.6 is 0 Å². The normalized spacial score (nSPS) is 13.5. The first kappa shape index (κ1) is 21.6. The van der Waals surface area contributed by atoms with E-state index in [-0.39, 0.29) is 11.9 Å². The van der Waals surface area contributed by atoms with Crippen molar-refractivity contribution in [2.24, 2.45) is 5.73 Å². The molecule has 4 rings (SSSR count). The van der Waals surface area contributed by atoms with Crippen LogP contribution in [0.3, 0.4) is 0 Å². The van der Waals surface area contributed by atoms with Crippen LogP contribution in [0.25, 0.3) is 11.1 Å². The highest BCUT2D eigenvalue weighted by molar-refractivity contribution is 5.94. The van der Waals surface area contributed by atoms with Gasteiger partial charge in [0.1, 0.15) is 18.2 Å². The number of primary amides is 1. The Morgan fingerprint density at radius 3 is 2.62 bits per heavy atom. The van der Waals surface area contributed by atoms with Crippen LogP contribution in [0.1, 0.15) is 52.5 Å². The topological polar surface area (TPSA) is 107 Å². The lowest BCUT2D eigenvalue weighted by molar-refractivity contribution is 0.100. The monoisotopic (exact) mass is 431 g/mol. The molecule has 7 heteroatoms. The fraction of sp³-hybridized carbons (Fsp3) is 0.320. The maximum Gasteiger partial charge on any atom is 0.248 e. The molecule has 0 unspecified atom stereocenters. The number of benzene rings is 2. The van der Waals surface area contributed by atoms with Crippen LogP contribution in [-0.4, -0.2) is 29.0 Å². The first-order chi connectivity index (χ1) is 15.2. The van der Waals surface area contributed by atoms with E-state index in [1.807, 2.05) is 32.0 Å². The molecule has 0 atom stereocenters. The van der Waals surface area contributed by atoms with Crippen molar-refractivity contribution in [1.82, 2.24) is 9.97 Å². The number of nitrogens with two attached hydrogens (primary N) is 2. The maximum absolute atomic E-state index is 11.6. The molecule has 2 heterocycles. The van der Waals surface area contributed by atoms with Gasteiger partial charge in [-0.1, -0.05) is 26.0 Å². The maximum atomic E-state index is 11.6. The lowest BCUT2D eigenvalue weighted by Gasteiger charge is -2.26. The van der Waals surface area contributed by atoms with E-state index in [1.165, 1.54) is 0 Å². The van der Waals surface area contributed by atoms with Gasteiger partial charge < -0.3 is 21.1 Å². The fourth-order valence-corrected chi connectivity index (χ4v) is 4.42. The van der Waals surface area contributed by atoms with Crippen molar-refractivity contribution in [2.45, 2.75) is 40.2 Å². The van der Waals surface area contributed by atoms with Crippen LogP contribution in [-0.2, 0) is 6.54 Å². The molecule has 1 amide bonds. The predicted molar refractivity (Wildman–Crippen MR) is 127 cm³/mol. The molecular formula is C25H29N5O2. The molecule has 0 radical (unpaired) electrons. The Labute approximate surface area is 188 Å². The molecule has 1 aromatic heterocycles. The van der Waals surface area contributed by atoms with Crippen molar-refractivity contribution < 1.29 is 9.53 Å². The van der Waals surface area contributed by atoms with Gasteiger partial charge in [-0.2, -0.15) is 4.98 Å². The summed E-state index contributed by atoms with van der Waals surface area (Å²) in [5.74, 6) is 1.86. The summed E-state index contributed by atoms with van der Waals surface area (Å²) in [7, 11) is 0. The molecule has 1 aliphatic heterocycles. The summed E-state index contributed by atoms with van der Waals surface area (Å²) >= 11 is 0. The highest BCUT2D eigenvalue weighted by Gasteiger charge is 2.24. The molecule has 7 nitrogen and oxygen atoms in total. The SMILES string of the molecule is Cc1cc(-c2cccc(C(N)=O)c2)cc2c1OCCN(c1nc(N)nc(C)c1C(C)C)C2. The smallest absolute Gasteiger partial charge is 0.248 e. The lowest BCUT2D eigenvalue weighted by Crippen LogP contribution is -2.28. The number of aromatic nitrogens is 2. The summed E-state index contributed by atoms with van der Waals surface area (Å²) < 4.78 is 6.15. The number of ether oxygens (including phenoxy) is 1. The van der Waals surface area contributed by atoms with Gasteiger partial charge in [-0.3, -0.25) is 4.79 Å². The molecule has 32 heavy (non-hydrogen) atoms. The van der Waals surface area contributed by atoms with Crippen LogP contribution in [0, 0.1) is 13.8 Å². The molecule has 0 saturated heterocycles. The van der Waals surface area contributed by atoms with Gasteiger partial charge in [0.25, 0.3) is 0 Å². The Morgan fingerprint density at radius 1 is 1.12 bits per heavy atom. The van der Waals surface area contributed by atoms with Gasteiger partial charge in [0.2, 0.25) is 11.9 Å². The number of rotatable bonds is 4. The minimum absolute atomic E-state index is 0.263. The van der Waals surface area contributed by atoms with Crippen molar-refractivity contribution in [2.75, 3.05) is 23.8 Å². The second-order valence-electron chi connectivity index (χ2n) is 8.56. The summed E-state index contributed by atoms with van der Waals surface area (Å²) in [5, 5.41) is 0. The highest BCUT2D eigenvalue weighted by atomic mass is 16.5. The zero-order valence-corrected chi connectivity index (χ0v) is 19.0. The van der Waals surface area contributed by atoms with Gasteiger partial charge in [-0.25, -0.2) is 4.98 Å². The zero-order valence-electron chi connectivity index (χ0n) is 19.0. The summed E-state index contributed by atoms with van der Waals surface area (Å²) in [4.78, 5) is 22.9. The molecule has 0 spiro atoms. The average Bonchev–Trinajstić information content (AvgIpc) is 2.95. The Bertz CT molecular complexity index is 1190. The van der Waals surface area contributed by atoms with E-state index < -0.39 is 5.91 Å². The third-order valence-corrected chi connectivity index (χ3v) is 5.81. The third-order valence-electron chi connectivity index (χ3n) is 5.81. The van der Waals surface area contributed by atoms with Crippen molar-refractivity contribution in [3.8, 4) is 16.9 Å². The molecule has 1 aliphatic rings. The second kappa shape index (κ2) is 8.49. The van der Waals surface area contributed by atoms with Gasteiger partial charge >= 0.3 is 0 Å². The van der Waals surface area contributed by atoms with Crippen molar-refractivity contribution in [3.05, 3.63) is 64.3 Å². The quantitative estimate of drug-likeness (QED) is 0.647. The summed E-state index contributed by atoms with van der Waals surface area (Å²) in [5.41, 5.74) is 18.0. The number of amides is 1. The number of carbonyl (C=O) groups excluding carboxylic acids is 1. The molecule has 0 fully saturated rings. The third kappa shape index (κ3) is 4.10. The summed E-state index contributed by atoms with van der Waals surface area (Å²) in [6.45, 7) is 10.2. The van der Waals surface area contributed by atoms with E-state index in [0.717, 1.165) is 45.1 Å². The van der Waals surface area contributed by atoms with E-state index in [4.69, 9.17) is 16.2 Å². The van der Waals surface area contributed by atoms with E-state index in [1.54, 1.807) is 6.07 Å². The number of anilines is 2. The highest BCUT2D eigenvalue weighted by Crippen LogP contribution is 2.36. The van der Waals surface area contributed by atoms with Gasteiger partial charge in [0.05, 0.1) is 6.54 Å². The van der Waals surface area contributed by atoms with Gasteiger partial charge in [-0.05, 0) is 60.7 Å². The Kier molecular flexibility index (Phi) is 5.74. The van der Waals surface area contributed by atoms with E-state index in [2.05, 4.69) is 40.8 Å². The van der Waals surface area contributed by atoms with Gasteiger partial charge in [0.15, 0.2) is 0 Å². The number of hydrogen-bond acceptors (Lipinski definition) is 6. The molecule has 3 aromatic rings. The van der Waals surface area contributed by atoms with E-state index in [9.17, 15) is 4.79 Å². The Balaban J connectivity index is 1.78. The van der Waals surface area contributed by atoms with Crippen LogP contribution in [0.2, 0.25) is 0 Å². The van der Waals surface area contributed by atoms with Crippen LogP contribution < -0.4 is 21.1 Å². The first-order valence-electron chi connectivity index (χ1n) is 10.8. The van der Waals surface area contributed by atoms with Crippen molar-refractivity contribution >= 4 is 17.7 Å². The molecule has 2 aromatic carbocycles. The number of nitrogen functional groups attached to an aromatic ring is 1. The zero-order chi connectivity index (χ0) is 23.0. The van der Waals surface area contributed by atoms with Gasteiger partial charge in [-0.15, -0.1) is 0 Å². The number of nitrogens with zero attached hydrogens (tertiary/aromatic N) is 3. The minimum atomic E-state index is -0.439. The molecule has 0 saturated carbocycles. The average molecular weight is 432 g/mol. The molecule has 0 bridgehead atoms. The molecule has 4 N–H and O–H groups in total. The van der Waals surface area contributed by atoms with Crippen LogP contribution in [0.5, 0.6) is 5.75 Å². The summed E-state index contributed by atoms with van der Waals surface area (Å²) in [6.07, 6.45) is 0. The molecular weight excluding hydrogens is 402 g/mol. The van der Waals surface area contributed by atoms with E-state index in [0.29, 0.717) is 25.3 Å². The van der Waals surface area contributed by atoms with E-state index >= 15 is 0 Å². The number of carbonyl (C=O) groups is 1. The summed E-state index contributed by atoms with van der Waals surface area (Å²) in [6, 6.07) is 11.6. The lowest BCUT2D eigenvalue weighted by atomic mass is 9.97. The predicted octanol–water partition coefficient (Wildman–Crippen LogP) is 3.96. The van der Waals surface area contributed by atoms with Gasteiger partial charge in [0, 0.05) is 28.9 Å². The van der Waals surface area contributed by atoms with Crippen LogP contribution in [0.4, 0.5) is 11.8 Å². The first-order valence-corrected chi connectivity index (χ1v) is 10.8. The Morgan fingerprint density at radius 2 is 1.91 bits per heavy atom. The molecule has 166 valence electrons. The Hall–Kier alpha value is -3.61. The van der Waals surface area contributed by atoms with Crippen molar-refractivity contribution in [1.29, 1.82) is 0 Å². The number of fused-ring (bicyclic) bond motifs is 1. The largest absolute Gasteiger partial charge is 0.491 e. The second-order valence-corrected chi connectivity index (χ2v) is 8.56.